The van der Waals surface area contributed by atoms with Crippen LogP contribution in [0.4, 0.5) is 0 Å². The molecule has 0 aliphatic carbocycles. The van der Waals surface area contributed by atoms with Crippen LogP contribution in [0.1, 0.15) is 37.6 Å². The van der Waals surface area contributed by atoms with Crippen molar-refractivity contribution in [2.45, 2.75) is 27.2 Å². The zero-order valence-electron chi connectivity index (χ0n) is 12.9. The van der Waals surface area contributed by atoms with Crippen LogP contribution in [-0.2, 0) is 6.42 Å². The third-order valence-corrected chi connectivity index (χ3v) is 3.82. The van der Waals surface area contributed by atoms with E-state index in [-0.39, 0.29) is 5.41 Å². The van der Waals surface area contributed by atoms with Gasteiger partial charge in [0.1, 0.15) is 5.75 Å². The molecule has 2 nitrogen and oxygen atoms in total. The minimum absolute atomic E-state index is 0.0156. The topological polar surface area (TPSA) is 22.1 Å². The average molecular weight is 279 g/mol. The monoisotopic (exact) mass is 279 g/mol. The molecule has 108 valence electrons. The number of benzene rings is 1. The first kappa shape index (κ1) is 13.9. The Bertz CT molecular complexity index is 671. The molecule has 1 aromatic heterocycles. The molecule has 0 amide bonds. The molecule has 0 saturated carbocycles. The van der Waals surface area contributed by atoms with Crippen LogP contribution in [0.15, 0.2) is 48.7 Å². The quantitative estimate of drug-likeness (QED) is 0.807. The van der Waals surface area contributed by atoms with E-state index in [4.69, 9.17) is 4.74 Å². The van der Waals surface area contributed by atoms with E-state index in [1.165, 1.54) is 11.1 Å². The minimum atomic E-state index is -0.0156. The molecule has 1 aliphatic rings. The summed E-state index contributed by atoms with van der Waals surface area (Å²) in [7, 11) is 0. The van der Waals surface area contributed by atoms with Gasteiger partial charge in [-0.3, -0.25) is 4.98 Å². The summed E-state index contributed by atoms with van der Waals surface area (Å²) >= 11 is 0. The van der Waals surface area contributed by atoms with E-state index in [9.17, 15) is 0 Å². The van der Waals surface area contributed by atoms with E-state index in [1.807, 2.05) is 18.3 Å². The maximum Gasteiger partial charge on any atom is 0.127 e. The van der Waals surface area contributed by atoms with E-state index in [0.29, 0.717) is 6.61 Å². The summed E-state index contributed by atoms with van der Waals surface area (Å²) < 4.78 is 6.04. The summed E-state index contributed by atoms with van der Waals surface area (Å²) in [5.41, 5.74) is 4.63. The van der Waals surface area contributed by atoms with Crippen LogP contribution in [0.3, 0.4) is 0 Å². The van der Waals surface area contributed by atoms with E-state index in [1.54, 1.807) is 0 Å². The Hall–Kier alpha value is -2.09. The van der Waals surface area contributed by atoms with Gasteiger partial charge in [0.05, 0.1) is 12.3 Å². The molecule has 1 aliphatic heterocycles. The second kappa shape index (κ2) is 5.36. The Balaban J connectivity index is 2.21. The number of nitrogens with zero attached hydrogens (tertiary/aromatic N) is 1. The first-order valence-corrected chi connectivity index (χ1v) is 7.49. The number of pyridine rings is 1. The zero-order valence-corrected chi connectivity index (χ0v) is 12.9. The fourth-order valence-electron chi connectivity index (χ4n) is 2.64. The van der Waals surface area contributed by atoms with E-state index in [0.717, 1.165) is 23.4 Å². The molecule has 0 saturated heterocycles. The molecule has 2 aromatic rings. The summed E-state index contributed by atoms with van der Waals surface area (Å²) in [5.74, 6) is 0.953. The van der Waals surface area contributed by atoms with Gasteiger partial charge < -0.3 is 4.74 Å². The summed E-state index contributed by atoms with van der Waals surface area (Å²) in [6.07, 6.45) is 5.16. The van der Waals surface area contributed by atoms with Gasteiger partial charge in [-0.05, 0) is 36.2 Å². The first-order chi connectivity index (χ1) is 10.1. The molecular weight excluding hydrogens is 258 g/mol. The van der Waals surface area contributed by atoms with Crippen molar-refractivity contribution in [3.8, 4) is 5.75 Å². The van der Waals surface area contributed by atoms with Crippen LogP contribution in [0.25, 0.3) is 5.57 Å². The number of fused-ring (bicyclic) bond motifs is 1. The van der Waals surface area contributed by atoms with Crippen molar-refractivity contribution in [3.63, 3.8) is 0 Å². The molecule has 2 heterocycles. The highest BCUT2D eigenvalue weighted by atomic mass is 16.5. The van der Waals surface area contributed by atoms with Crippen LogP contribution in [0, 0.1) is 5.41 Å². The van der Waals surface area contributed by atoms with Crippen LogP contribution < -0.4 is 4.74 Å². The lowest BCUT2D eigenvalue weighted by Crippen LogP contribution is -2.17. The second-order valence-corrected chi connectivity index (χ2v) is 6.23. The van der Waals surface area contributed by atoms with Crippen LogP contribution >= 0.6 is 0 Å². The minimum Gasteiger partial charge on any atom is -0.492 e. The molecule has 0 fully saturated rings. The summed E-state index contributed by atoms with van der Waals surface area (Å²) in [4.78, 5) is 4.54. The van der Waals surface area contributed by atoms with Crippen molar-refractivity contribution >= 4 is 5.57 Å². The Kier molecular flexibility index (Phi) is 3.54. The number of rotatable bonds is 2. The van der Waals surface area contributed by atoms with Crippen molar-refractivity contribution in [1.82, 2.24) is 4.98 Å². The molecule has 2 heteroatoms. The molecule has 0 unspecified atom stereocenters. The van der Waals surface area contributed by atoms with Crippen molar-refractivity contribution in [2.24, 2.45) is 5.41 Å². The standard InChI is InChI=1S/C19H21NO/c1-4-14-8-9-18-15(11-14)16(12-19(2,3)13-21-18)17-7-5-6-10-20-17/h5-12H,4,13H2,1-3H3. The van der Waals surface area contributed by atoms with Gasteiger partial charge >= 0.3 is 0 Å². The van der Waals surface area contributed by atoms with Gasteiger partial charge in [0.2, 0.25) is 0 Å². The Morgan fingerprint density at radius 3 is 2.76 bits per heavy atom. The highest BCUT2D eigenvalue weighted by Gasteiger charge is 2.25. The molecule has 21 heavy (non-hydrogen) atoms. The van der Waals surface area contributed by atoms with Crippen LogP contribution in [0.5, 0.6) is 5.75 Å². The lowest BCUT2D eigenvalue weighted by molar-refractivity contribution is 0.225. The van der Waals surface area contributed by atoms with Gasteiger partial charge in [-0.25, -0.2) is 0 Å². The van der Waals surface area contributed by atoms with Crippen molar-refractivity contribution in [3.05, 3.63) is 65.5 Å². The predicted molar refractivity (Wildman–Crippen MR) is 86.4 cm³/mol. The average Bonchev–Trinajstić information content (AvgIpc) is 2.64. The molecule has 0 radical (unpaired) electrons. The molecular formula is C19H21NO. The number of hydrogen-bond acceptors (Lipinski definition) is 2. The first-order valence-electron chi connectivity index (χ1n) is 7.49. The highest BCUT2D eigenvalue weighted by molar-refractivity contribution is 5.82. The van der Waals surface area contributed by atoms with Gasteiger partial charge in [0.25, 0.3) is 0 Å². The predicted octanol–water partition coefficient (Wildman–Crippen LogP) is 4.49. The Morgan fingerprint density at radius 1 is 1.19 bits per heavy atom. The van der Waals surface area contributed by atoms with Gasteiger partial charge in [-0.2, -0.15) is 0 Å². The van der Waals surface area contributed by atoms with Crippen molar-refractivity contribution < 1.29 is 4.74 Å². The lowest BCUT2D eigenvalue weighted by atomic mass is 9.88. The molecule has 0 N–H and O–H groups in total. The third kappa shape index (κ3) is 2.85. The fraction of sp³-hybridized carbons (Fsp3) is 0.316. The Labute approximate surface area is 126 Å². The van der Waals surface area contributed by atoms with Crippen LogP contribution in [-0.4, -0.2) is 11.6 Å². The summed E-state index contributed by atoms with van der Waals surface area (Å²) in [5, 5.41) is 0. The maximum atomic E-state index is 6.04. The maximum absolute atomic E-state index is 6.04. The van der Waals surface area contributed by atoms with Gasteiger partial charge in [-0.1, -0.05) is 39.0 Å². The largest absolute Gasteiger partial charge is 0.492 e. The number of ether oxygens (including phenoxy) is 1. The summed E-state index contributed by atoms with van der Waals surface area (Å²) in [6, 6.07) is 12.5. The van der Waals surface area contributed by atoms with E-state index < -0.39 is 0 Å². The fourth-order valence-corrected chi connectivity index (χ4v) is 2.64. The van der Waals surface area contributed by atoms with Crippen molar-refractivity contribution in [1.29, 1.82) is 0 Å². The highest BCUT2D eigenvalue weighted by Crippen LogP contribution is 2.38. The lowest BCUT2D eigenvalue weighted by Gasteiger charge is -2.18. The molecule has 1 aromatic carbocycles. The van der Waals surface area contributed by atoms with Crippen molar-refractivity contribution in [2.75, 3.05) is 6.61 Å². The third-order valence-electron chi connectivity index (χ3n) is 3.82. The van der Waals surface area contributed by atoms with Crippen LogP contribution in [0.2, 0.25) is 0 Å². The number of hydrogen-bond donors (Lipinski definition) is 0. The number of aryl methyl sites for hydroxylation is 1. The molecule has 0 spiro atoms. The zero-order chi connectivity index (χ0) is 14.9. The smallest absolute Gasteiger partial charge is 0.127 e. The SMILES string of the molecule is CCc1ccc2c(c1)C(c1ccccn1)=CC(C)(C)CO2. The van der Waals surface area contributed by atoms with E-state index >= 15 is 0 Å². The normalized spacial score (nSPS) is 16.4. The molecule has 0 bridgehead atoms. The van der Waals surface area contributed by atoms with Gasteiger partial charge in [0, 0.05) is 22.7 Å². The van der Waals surface area contributed by atoms with Gasteiger partial charge in [-0.15, -0.1) is 0 Å². The number of aromatic nitrogens is 1. The second-order valence-electron chi connectivity index (χ2n) is 6.23. The molecule has 3 rings (SSSR count). The summed E-state index contributed by atoms with van der Waals surface area (Å²) in [6.45, 7) is 7.25. The van der Waals surface area contributed by atoms with Gasteiger partial charge in [0.15, 0.2) is 0 Å². The van der Waals surface area contributed by atoms with E-state index in [2.05, 4.69) is 56.1 Å². The Morgan fingerprint density at radius 2 is 2.05 bits per heavy atom. The molecule has 0 atom stereocenters.